The summed E-state index contributed by atoms with van der Waals surface area (Å²) >= 11 is 12.6. The average Bonchev–Trinajstić information content (AvgIpc) is 3.12. The Morgan fingerprint density at radius 3 is 2.64 bits per heavy atom. The summed E-state index contributed by atoms with van der Waals surface area (Å²) in [6, 6.07) is 8.27. The highest BCUT2D eigenvalue weighted by molar-refractivity contribution is 6.38. The van der Waals surface area contributed by atoms with E-state index in [1.54, 1.807) is 18.5 Å². The number of pyridine rings is 1. The molecule has 4 rings (SSSR count). The average molecular weight is 414 g/mol. The molecule has 3 aromatic heterocycles. The predicted molar refractivity (Wildman–Crippen MR) is 104 cm³/mol. The summed E-state index contributed by atoms with van der Waals surface area (Å²) in [6.07, 6.45) is 4.57. The third-order valence-electron chi connectivity index (χ3n) is 3.92. The second kappa shape index (κ2) is 7.38. The van der Waals surface area contributed by atoms with Gasteiger partial charge in [0.25, 0.3) is 0 Å². The fraction of sp³-hybridized carbons (Fsp3) is 0.0556. The van der Waals surface area contributed by atoms with Crippen molar-refractivity contribution < 1.29 is 4.39 Å². The SMILES string of the molecule is N#Cc1cc(Cl)c(-n2cc3c(Nc4cc(CF)ncn4)nccc3n2)c(Cl)c1. The topological polar surface area (TPSA) is 92.3 Å². The molecule has 0 aliphatic carbocycles. The normalized spacial score (nSPS) is 10.8. The molecule has 28 heavy (non-hydrogen) atoms. The number of nitrogens with one attached hydrogen (secondary N) is 1. The quantitative estimate of drug-likeness (QED) is 0.525. The Bertz CT molecular complexity index is 1210. The van der Waals surface area contributed by atoms with Gasteiger partial charge >= 0.3 is 0 Å². The number of hydrogen-bond acceptors (Lipinski definition) is 6. The summed E-state index contributed by atoms with van der Waals surface area (Å²) in [5, 5.41) is 17.8. The van der Waals surface area contributed by atoms with Crippen molar-refractivity contribution in [2.45, 2.75) is 6.67 Å². The molecule has 0 aliphatic rings. The number of hydrogen-bond donors (Lipinski definition) is 1. The van der Waals surface area contributed by atoms with E-state index in [4.69, 9.17) is 28.5 Å². The van der Waals surface area contributed by atoms with E-state index in [0.29, 0.717) is 43.8 Å². The molecule has 0 unspecified atom stereocenters. The highest BCUT2D eigenvalue weighted by Gasteiger charge is 2.15. The minimum absolute atomic E-state index is 0.261. The lowest BCUT2D eigenvalue weighted by Gasteiger charge is -2.07. The highest BCUT2D eigenvalue weighted by Crippen LogP contribution is 2.32. The maximum atomic E-state index is 12.8. The van der Waals surface area contributed by atoms with E-state index in [0.717, 1.165) is 0 Å². The summed E-state index contributed by atoms with van der Waals surface area (Å²) in [5.74, 6) is 0.887. The Balaban J connectivity index is 1.79. The molecule has 1 aromatic carbocycles. The number of anilines is 2. The van der Waals surface area contributed by atoms with Crippen LogP contribution >= 0.6 is 23.2 Å². The number of rotatable bonds is 4. The van der Waals surface area contributed by atoms with E-state index in [1.807, 2.05) is 6.07 Å². The summed E-state index contributed by atoms with van der Waals surface area (Å²) in [5.41, 5.74) is 1.70. The van der Waals surface area contributed by atoms with Gasteiger partial charge in [-0.2, -0.15) is 10.4 Å². The van der Waals surface area contributed by atoms with Gasteiger partial charge < -0.3 is 5.32 Å². The van der Waals surface area contributed by atoms with Gasteiger partial charge in [0, 0.05) is 18.5 Å². The van der Waals surface area contributed by atoms with E-state index in [2.05, 4.69) is 25.4 Å². The first-order chi connectivity index (χ1) is 13.6. The minimum atomic E-state index is -0.692. The lowest BCUT2D eigenvalue weighted by molar-refractivity contribution is 0.475. The molecule has 0 bridgehead atoms. The van der Waals surface area contributed by atoms with E-state index in [-0.39, 0.29) is 5.69 Å². The molecule has 0 spiro atoms. The van der Waals surface area contributed by atoms with Gasteiger partial charge in [0.2, 0.25) is 0 Å². The third-order valence-corrected chi connectivity index (χ3v) is 4.49. The molecule has 3 heterocycles. The van der Waals surface area contributed by atoms with Crippen LogP contribution in [0.5, 0.6) is 0 Å². The van der Waals surface area contributed by atoms with Crippen molar-refractivity contribution in [2.75, 3.05) is 5.32 Å². The number of benzene rings is 1. The van der Waals surface area contributed by atoms with Gasteiger partial charge in [0.1, 0.15) is 30.3 Å². The molecule has 0 saturated heterocycles. The van der Waals surface area contributed by atoms with Gasteiger partial charge in [-0.05, 0) is 18.2 Å². The van der Waals surface area contributed by atoms with Crippen LogP contribution in [0.3, 0.4) is 0 Å². The van der Waals surface area contributed by atoms with Crippen molar-refractivity contribution in [3.05, 3.63) is 64.3 Å². The van der Waals surface area contributed by atoms with E-state index in [1.165, 1.54) is 29.2 Å². The van der Waals surface area contributed by atoms with Gasteiger partial charge in [-0.25, -0.2) is 24.0 Å². The molecule has 0 saturated carbocycles. The van der Waals surface area contributed by atoms with Crippen LogP contribution in [0.4, 0.5) is 16.0 Å². The van der Waals surface area contributed by atoms with Crippen LogP contribution in [0.2, 0.25) is 10.0 Å². The lowest BCUT2D eigenvalue weighted by atomic mass is 10.2. The van der Waals surface area contributed by atoms with E-state index < -0.39 is 6.67 Å². The van der Waals surface area contributed by atoms with E-state index >= 15 is 0 Å². The Morgan fingerprint density at radius 2 is 1.93 bits per heavy atom. The van der Waals surface area contributed by atoms with Crippen LogP contribution in [-0.4, -0.2) is 24.7 Å². The predicted octanol–water partition coefficient (Wildman–Crippen LogP) is 4.60. The molecule has 10 heteroatoms. The Hall–Kier alpha value is -3.28. The second-order valence-corrected chi connectivity index (χ2v) is 6.53. The summed E-state index contributed by atoms with van der Waals surface area (Å²) in [6.45, 7) is -0.692. The van der Waals surface area contributed by atoms with Crippen molar-refractivity contribution in [2.24, 2.45) is 0 Å². The molecule has 4 aromatic rings. The van der Waals surface area contributed by atoms with Gasteiger partial charge in [0.15, 0.2) is 0 Å². The molecule has 0 amide bonds. The largest absolute Gasteiger partial charge is 0.324 e. The van der Waals surface area contributed by atoms with Crippen LogP contribution in [-0.2, 0) is 6.67 Å². The zero-order valence-corrected chi connectivity index (χ0v) is 15.6. The number of halogens is 3. The Labute approximate surface area is 168 Å². The number of alkyl halides is 1. The number of nitrogens with zero attached hydrogens (tertiary/aromatic N) is 6. The summed E-state index contributed by atoms with van der Waals surface area (Å²) < 4.78 is 14.3. The van der Waals surface area contributed by atoms with Gasteiger partial charge in [-0.3, -0.25) is 0 Å². The molecular weight excluding hydrogens is 404 g/mol. The zero-order valence-electron chi connectivity index (χ0n) is 14.1. The van der Waals surface area contributed by atoms with Crippen LogP contribution in [0, 0.1) is 11.3 Å². The van der Waals surface area contributed by atoms with Crippen LogP contribution < -0.4 is 5.32 Å². The second-order valence-electron chi connectivity index (χ2n) is 5.72. The first-order valence-corrected chi connectivity index (χ1v) is 8.72. The maximum Gasteiger partial charge on any atom is 0.142 e. The molecule has 138 valence electrons. The van der Waals surface area contributed by atoms with Crippen molar-refractivity contribution >= 4 is 45.7 Å². The first kappa shape index (κ1) is 18.1. The monoisotopic (exact) mass is 413 g/mol. The molecule has 0 aliphatic heterocycles. The van der Waals surface area contributed by atoms with Crippen LogP contribution in [0.25, 0.3) is 16.6 Å². The number of aromatic nitrogens is 5. The molecule has 7 nitrogen and oxygen atoms in total. The lowest BCUT2D eigenvalue weighted by Crippen LogP contribution is -1.98. The first-order valence-electron chi connectivity index (χ1n) is 7.97. The molecular formula is C18H10Cl2FN7. The Kier molecular flexibility index (Phi) is 4.77. The van der Waals surface area contributed by atoms with Crippen LogP contribution in [0.1, 0.15) is 11.3 Å². The zero-order chi connectivity index (χ0) is 19.7. The molecule has 0 atom stereocenters. The van der Waals surface area contributed by atoms with Crippen molar-refractivity contribution in [3.8, 4) is 11.8 Å². The van der Waals surface area contributed by atoms with Gasteiger partial charge in [-0.1, -0.05) is 23.2 Å². The summed E-state index contributed by atoms with van der Waals surface area (Å²) in [4.78, 5) is 12.2. The highest BCUT2D eigenvalue weighted by atomic mass is 35.5. The van der Waals surface area contributed by atoms with Gasteiger partial charge in [0.05, 0.1) is 38.3 Å². The smallest absolute Gasteiger partial charge is 0.142 e. The number of fused-ring (bicyclic) bond motifs is 1. The standard InChI is InChI=1S/C18H10Cl2FN7/c19-13-3-10(7-22)4-14(20)17(13)28-8-12-15(27-28)1-2-23-18(12)26-16-5-11(6-21)24-9-25-16/h1-5,8-9H,6H2,(H,23,24,25,26). The Morgan fingerprint density at radius 1 is 1.14 bits per heavy atom. The summed E-state index contributed by atoms with van der Waals surface area (Å²) in [7, 11) is 0. The molecule has 0 radical (unpaired) electrons. The number of nitriles is 1. The van der Waals surface area contributed by atoms with Crippen molar-refractivity contribution in [1.82, 2.24) is 24.7 Å². The minimum Gasteiger partial charge on any atom is -0.324 e. The van der Waals surface area contributed by atoms with Crippen molar-refractivity contribution in [1.29, 1.82) is 5.26 Å². The van der Waals surface area contributed by atoms with Crippen LogP contribution in [0.15, 0.2) is 43.0 Å². The molecule has 0 fully saturated rings. The molecule has 1 N–H and O–H groups in total. The van der Waals surface area contributed by atoms with Crippen molar-refractivity contribution in [3.63, 3.8) is 0 Å². The maximum absolute atomic E-state index is 12.8. The third kappa shape index (κ3) is 3.33. The fourth-order valence-electron chi connectivity index (χ4n) is 2.67. The van der Waals surface area contributed by atoms with E-state index in [9.17, 15) is 4.39 Å². The fourth-order valence-corrected chi connectivity index (χ4v) is 3.33. The van der Waals surface area contributed by atoms with Gasteiger partial charge in [-0.15, -0.1) is 0 Å².